The van der Waals surface area contributed by atoms with Gasteiger partial charge in [0.05, 0.1) is 13.1 Å². The highest BCUT2D eigenvalue weighted by Gasteiger charge is 2.39. The SMILES string of the molecule is CC(C)CC1NC(=O)N(Cc2ccc(CN3C(=O)NC(CC(C)C)C3=O)cc2)C1=O. The number of benzene rings is 1. The first-order chi connectivity index (χ1) is 14.2. The van der Waals surface area contributed by atoms with Crippen LogP contribution in [0, 0.1) is 11.8 Å². The summed E-state index contributed by atoms with van der Waals surface area (Å²) in [4.78, 5) is 51.8. The Morgan fingerprint density at radius 1 is 0.700 bits per heavy atom. The smallest absolute Gasteiger partial charge is 0.325 e. The highest BCUT2D eigenvalue weighted by molar-refractivity contribution is 6.04. The van der Waals surface area contributed by atoms with E-state index in [1.54, 1.807) is 0 Å². The maximum Gasteiger partial charge on any atom is 0.325 e. The molecule has 8 nitrogen and oxygen atoms in total. The minimum absolute atomic E-state index is 0.194. The first-order valence-electron chi connectivity index (χ1n) is 10.5. The molecule has 0 aliphatic carbocycles. The minimum Gasteiger partial charge on any atom is -0.326 e. The van der Waals surface area contributed by atoms with Crippen molar-refractivity contribution in [1.82, 2.24) is 20.4 Å². The van der Waals surface area contributed by atoms with E-state index in [2.05, 4.69) is 10.6 Å². The molecule has 2 fully saturated rings. The summed E-state index contributed by atoms with van der Waals surface area (Å²) in [6, 6.07) is 5.60. The van der Waals surface area contributed by atoms with Gasteiger partial charge in [0.1, 0.15) is 12.1 Å². The van der Waals surface area contributed by atoms with Crippen LogP contribution in [0.5, 0.6) is 0 Å². The minimum atomic E-state index is -0.463. The molecule has 1 aromatic carbocycles. The third kappa shape index (κ3) is 4.80. The fourth-order valence-electron chi connectivity index (χ4n) is 3.83. The predicted molar refractivity (Wildman–Crippen MR) is 111 cm³/mol. The number of nitrogens with zero attached hydrogens (tertiary/aromatic N) is 2. The second-order valence-electron chi connectivity index (χ2n) is 8.93. The molecule has 2 atom stereocenters. The Kier molecular flexibility index (Phi) is 6.43. The lowest BCUT2D eigenvalue weighted by Gasteiger charge is -2.16. The fraction of sp³-hybridized carbons (Fsp3) is 0.545. The van der Waals surface area contributed by atoms with Crippen molar-refractivity contribution in [3.05, 3.63) is 35.4 Å². The molecule has 0 spiro atoms. The molecule has 8 heteroatoms. The Morgan fingerprint density at radius 3 is 1.33 bits per heavy atom. The molecule has 30 heavy (non-hydrogen) atoms. The highest BCUT2D eigenvalue weighted by Crippen LogP contribution is 2.19. The molecular weight excluding hydrogens is 384 g/mol. The topological polar surface area (TPSA) is 98.8 Å². The number of urea groups is 2. The van der Waals surface area contributed by atoms with Crippen LogP contribution in [0.25, 0.3) is 0 Å². The van der Waals surface area contributed by atoms with Crippen molar-refractivity contribution in [1.29, 1.82) is 0 Å². The molecule has 162 valence electrons. The van der Waals surface area contributed by atoms with Gasteiger partial charge in [0.15, 0.2) is 0 Å². The fourth-order valence-corrected chi connectivity index (χ4v) is 3.83. The van der Waals surface area contributed by atoms with Crippen LogP contribution >= 0.6 is 0 Å². The lowest BCUT2D eigenvalue weighted by atomic mass is 10.0. The maximum absolute atomic E-state index is 12.5. The van der Waals surface area contributed by atoms with Crippen molar-refractivity contribution in [2.45, 2.75) is 65.7 Å². The molecule has 0 bridgehead atoms. The molecule has 0 saturated carbocycles. The van der Waals surface area contributed by atoms with Crippen LogP contribution in [-0.2, 0) is 22.7 Å². The van der Waals surface area contributed by atoms with Gasteiger partial charge in [-0.15, -0.1) is 0 Å². The zero-order valence-corrected chi connectivity index (χ0v) is 18.0. The zero-order chi connectivity index (χ0) is 22.0. The average Bonchev–Trinajstić information content (AvgIpc) is 3.06. The highest BCUT2D eigenvalue weighted by atomic mass is 16.2. The van der Waals surface area contributed by atoms with E-state index in [0.29, 0.717) is 24.7 Å². The molecular formula is C22H30N4O4. The van der Waals surface area contributed by atoms with Crippen LogP contribution in [-0.4, -0.2) is 45.8 Å². The molecule has 2 aliphatic heterocycles. The number of rotatable bonds is 8. The Balaban J connectivity index is 1.60. The number of carbonyl (C=O) groups is 4. The van der Waals surface area contributed by atoms with Crippen LogP contribution in [0.2, 0.25) is 0 Å². The lowest BCUT2D eigenvalue weighted by Crippen LogP contribution is -2.32. The summed E-state index contributed by atoms with van der Waals surface area (Å²) in [5.41, 5.74) is 1.62. The van der Waals surface area contributed by atoms with Crippen molar-refractivity contribution in [3.63, 3.8) is 0 Å². The molecule has 0 radical (unpaired) electrons. The van der Waals surface area contributed by atoms with Crippen molar-refractivity contribution in [3.8, 4) is 0 Å². The zero-order valence-electron chi connectivity index (χ0n) is 18.0. The van der Waals surface area contributed by atoms with Crippen LogP contribution in [0.4, 0.5) is 9.59 Å². The van der Waals surface area contributed by atoms with Crippen LogP contribution in [0.1, 0.15) is 51.7 Å². The maximum atomic E-state index is 12.5. The Morgan fingerprint density at radius 2 is 1.03 bits per heavy atom. The molecule has 2 aliphatic rings. The van der Waals surface area contributed by atoms with Gasteiger partial charge in [0, 0.05) is 0 Å². The standard InChI is InChI=1S/C22H30N4O4/c1-13(2)9-17-19(27)25(21(29)23-17)11-15-5-7-16(8-6-15)12-26-20(28)18(10-14(3)4)24-22(26)30/h5-8,13-14,17-18H,9-12H2,1-4H3,(H,23,29)(H,24,30). The molecule has 3 rings (SSSR count). The normalized spacial score (nSPS) is 21.8. The Bertz CT molecular complexity index is 765. The van der Waals surface area contributed by atoms with E-state index < -0.39 is 12.1 Å². The largest absolute Gasteiger partial charge is 0.326 e. The number of nitrogens with one attached hydrogen (secondary N) is 2. The van der Waals surface area contributed by atoms with E-state index in [-0.39, 0.29) is 37.0 Å². The van der Waals surface area contributed by atoms with Crippen LogP contribution in [0.15, 0.2) is 24.3 Å². The third-order valence-corrected chi connectivity index (χ3v) is 5.33. The third-order valence-electron chi connectivity index (χ3n) is 5.33. The number of hydrogen-bond acceptors (Lipinski definition) is 4. The predicted octanol–water partition coefficient (Wildman–Crippen LogP) is 2.62. The van der Waals surface area contributed by atoms with E-state index >= 15 is 0 Å². The summed E-state index contributed by atoms with van der Waals surface area (Å²) in [5, 5.41) is 5.48. The summed E-state index contributed by atoms with van der Waals surface area (Å²) < 4.78 is 0. The number of carbonyl (C=O) groups excluding carboxylic acids is 4. The van der Waals surface area contributed by atoms with Crippen molar-refractivity contribution < 1.29 is 19.2 Å². The Hall–Kier alpha value is -2.90. The van der Waals surface area contributed by atoms with Crippen molar-refractivity contribution in [2.24, 2.45) is 11.8 Å². The Labute approximate surface area is 177 Å². The molecule has 6 amide bonds. The second-order valence-corrected chi connectivity index (χ2v) is 8.93. The summed E-state index contributed by atoms with van der Waals surface area (Å²) in [6.45, 7) is 8.43. The first-order valence-corrected chi connectivity index (χ1v) is 10.5. The molecule has 2 unspecified atom stereocenters. The van der Waals surface area contributed by atoms with E-state index in [1.165, 1.54) is 9.80 Å². The van der Waals surface area contributed by atoms with Gasteiger partial charge < -0.3 is 10.6 Å². The quantitative estimate of drug-likeness (QED) is 0.639. The monoisotopic (exact) mass is 414 g/mol. The van der Waals surface area contributed by atoms with Gasteiger partial charge >= 0.3 is 12.1 Å². The van der Waals surface area contributed by atoms with Gasteiger partial charge in [-0.25, -0.2) is 9.59 Å². The van der Waals surface area contributed by atoms with E-state index in [0.717, 1.165) is 11.1 Å². The lowest BCUT2D eigenvalue weighted by molar-refractivity contribution is -0.129. The number of hydrogen-bond donors (Lipinski definition) is 2. The van der Waals surface area contributed by atoms with E-state index in [1.807, 2.05) is 52.0 Å². The van der Waals surface area contributed by atoms with Gasteiger partial charge in [0.2, 0.25) is 0 Å². The van der Waals surface area contributed by atoms with Crippen LogP contribution < -0.4 is 10.6 Å². The van der Waals surface area contributed by atoms with Gasteiger partial charge in [-0.3, -0.25) is 19.4 Å². The molecule has 0 aromatic heterocycles. The van der Waals surface area contributed by atoms with Gasteiger partial charge in [-0.2, -0.15) is 0 Å². The van der Waals surface area contributed by atoms with Crippen LogP contribution in [0.3, 0.4) is 0 Å². The second kappa shape index (κ2) is 8.85. The summed E-state index contributed by atoms with van der Waals surface area (Å²) in [7, 11) is 0. The van der Waals surface area contributed by atoms with E-state index in [4.69, 9.17) is 0 Å². The molecule has 2 heterocycles. The molecule has 1 aromatic rings. The number of imide groups is 2. The average molecular weight is 415 g/mol. The van der Waals surface area contributed by atoms with Gasteiger partial charge in [-0.05, 0) is 35.8 Å². The molecule has 2 saturated heterocycles. The first kappa shape index (κ1) is 21.8. The number of amides is 6. The van der Waals surface area contributed by atoms with Crippen molar-refractivity contribution in [2.75, 3.05) is 0 Å². The summed E-state index contributed by atoms with van der Waals surface area (Å²) in [5.74, 6) is 0.217. The molecule has 2 N–H and O–H groups in total. The van der Waals surface area contributed by atoms with Gasteiger partial charge in [0.25, 0.3) is 11.8 Å². The van der Waals surface area contributed by atoms with E-state index in [9.17, 15) is 19.2 Å². The van der Waals surface area contributed by atoms with Crippen molar-refractivity contribution >= 4 is 23.9 Å². The summed E-state index contributed by atoms with van der Waals surface area (Å²) in [6.07, 6.45) is 1.23. The summed E-state index contributed by atoms with van der Waals surface area (Å²) >= 11 is 0. The van der Waals surface area contributed by atoms with Gasteiger partial charge in [-0.1, -0.05) is 52.0 Å².